The van der Waals surface area contributed by atoms with Gasteiger partial charge in [0.25, 0.3) is 11.8 Å². The Balaban J connectivity index is 0.000000206. The van der Waals surface area contributed by atoms with E-state index < -0.39 is 29.4 Å². The Bertz CT molecular complexity index is 4290. The molecule has 0 saturated carbocycles. The molecule has 8 N–H and O–H groups in total. The molecule has 0 fully saturated rings. The lowest BCUT2D eigenvalue weighted by molar-refractivity contribution is -0.155. The van der Waals surface area contributed by atoms with Gasteiger partial charge in [0.2, 0.25) is 11.9 Å². The first kappa shape index (κ1) is 74.0. The lowest BCUT2D eigenvalue weighted by Crippen LogP contribution is -2.28. The lowest BCUT2D eigenvalue weighted by atomic mass is 10.1. The molecular formula is C69H71BrF3N15O8. The number of carbonyl (C=O) groups excluding carboxylic acids is 3. The second-order valence-electron chi connectivity index (χ2n) is 21.6. The molecule has 0 aliphatic carbocycles. The number of carbonyl (C=O) groups is 3. The van der Waals surface area contributed by atoms with E-state index in [9.17, 15) is 32.8 Å². The number of fused-ring (bicyclic) bond motifs is 3. The van der Waals surface area contributed by atoms with E-state index in [1.807, 2.05) is 76.4 Å². The summed E-state index contributed by atoms with van der Waals surface area (Å²) in [5.41, 5.74) is 9.24. The molecule has 0 aliphatic rings. The molecule has 0 unspecified atom stereocenters. The number of nitrogens with one attached hydrogen (secondary N) is 4. The molecule has 10 rings (SSSR count). The zero-order valence-electron chi connectivity index (χ0n) is 53.6. The summed E-state index contributed by atoms with van der Waals surface area (Å²) in [4.78, 5) is 68.8. The van der Waals surface area contributed by atoms with Crippen molar-refractivity contribution >= 4 is 78.2 Å². The number of aromatic nitrogens is 8. The minimum atomic E-state index is -0.946. The number of aliphatic hydroxyl groups excluding tert-OH is 1. The van der Waals surface area contributed by atoms with Crippen LogP contribution in [0, 0.1) is 40.2 Å². The van der Waals surface area contributed by atoms with Gasteiger partial charge in [0.1, 0.15) is 71.5 Å². The Kier molecular flexibility index (Phi) is 28.6. The number of rotatable bonds is 19. The van der Waals surface area contributed by atoms with Gasteiger partial charge < -0.3 is 51.4 Å². The number of nitrogens with two attached hydrogens (primary N) is 1. The second kappa shape index (κ2) is 37.0. The first-order valence-corrected chi connectivity index (χ1v) is 30.7. The van der Waals surface area contributed by atoms with Crippen molar-refractivity contribution in [3.63, 3.8) is 0 Å². The minimum Gasteiger partial charge on any atom is -0.508 e. The van der Waals surface area contributed by atoms with Crippen molar-refractivity contribution in [2.45, 2.75) is 78.5 Å². The number of benzene rings is 5. The standard InChI is InChI=1S/C26H24FN7O2.C15H11F2N3O.C12H15N3O.C8H5BrN2O.C8H16O3/c1-16(18-3-5-20(27)6-4-18)33-25(35)22-11-17(13-28)14-31-24(22)30-9-10-36-21-7-8-23-19(12-21)15-32-26(29-2)34-23;1-9(11-2-4-12(16)5-3-11)20-15(21)13-6-10(7-18)8-19-14(13)17;1-2-12-14-8-9-7-10(16-6-5-13)3-4-11(9)15-12;9-8-10-4-5-3-6(12)1-2-7(5)11-8;1-8(2,3)11-7(10)5-4-6-9/h3-8,11-12,14-16H,9-10H2,1-2H3,(H,30,31)(H,33,35)(H,29,32,34);2-6,8-9H,1H3,(H,20,21);3-4,7-8H,2,5-6,13H2,1H3;1-4,12H;9H,4-6H2,1-3H3/t16-;9-;;;/m00.../s1. The molecule has 0 saturated heterocycles. The molecule has 2 amide bonds. The van der Waals surface area contributed by atoms with E-state index in [1.165, 1.54) is 48.7 Å². The molecular weight excluding hydrogens is 1300 g/mol. The van der Waals surface area contributed by atoms with Gasteiger partial charge >= 0.3 is 5.97 Å². The van der Waals surface area contributed by atoms with E-state index in [-0.39, 0.29) is 58.3 Å². The number of phenolic OH excluding ortho intramolecular Hbond substituents is 1. The van der Waals surface area contributed by atoms with Crippen LogP contribution in [-0.2, 0) is 16.0 Å². The molecule has 23 nitrogen and oxygen atoms in total. The van der Waals surface area contributed by atoms with E-state index in [0.29, 0.717) is 67.0 Å². The molecule has 5 aromatic carbocycles. The van der Waals surface area contributed by atoms with Crippen molar-refractivity contribution in [2.75, 3.05) is 50.6 Å². The maximum Gasteiger partial charge on any atom is 0.306 e. The summed E-state index contributed by atoms with van der Waals surface area (Å²) in [6, 6.07) is 33.4. The Morgan fingerprint density at radius 3 is 1.74 bits per heavy atom. The number of halogens is 4. The average Bonchev–Trinajstić information content (AvgIpc) is 0.889. The van der Waals surface area contributed by atoms with Gasteiger partial charge in [-0.3, -0.25) is 14.4 Å². The summed E-state index contributed by atoms with van der Waals surface area (Å²) < 4.78 is 56.4. The third-order valence-corrected chi connectivity index (χ3v) is 13.5. The quantitative estimate of drug-likeness (QED) is 0.0171. The van der Waals surface area contributed by atoms with Crippen molar-refractivity contribution in [1.82, 2.24) is 50.5 Å². The monoisotopic (exact) mass is 1370 g/mol. The largest absolute Gasteiger partial charge is 0.508 e. The average molecular weight is 1380 g/mol. The van der Waals surface area contributed by atoms with Gasteiger partial charge in [-0.2, -0.15) is 14.9 Å². The predicted molar refractivity (Wildman–Crippen MR) is 360 cm³/mol. The molecule has 2 atom stereocenters. The minimum absolute atomic E-state index is 0.0409. The highest BCUT2D eigenvalue weighted by molar-refractivity contribution is 9.10. The Morgan fingerprint density at radius 2 is 1.18 bits per heavy atom. The summed E-state index contributed by atoms with van der Waals surface area (Å²) in [5.74, 6) is 0.418. The van der Waals surface area contributed by atoms with Gasteiger partial charge in [0.05, 0.1) is 57.4 Å². The van der Waals surface area contributed by atoms with Gasteiger partial charge in [-0.15, -0.1) is 0 Å². The third-order valence-electron chi connectivity index (χ3n) is 13.1. The number of hydrogen-bond donors (Lipinski definition) is 7. The number of esters is 1. The van der Waals surface area contributed by atoms with E-state index >= 15 is 0 Å². The molecule has 5 heterocycles. The van der Waals surface area contributed by atoms with Gasteiger partial charge in [-0.1, -0.05) is 31.2 Å². The summed E-state index contributed by atoms with van der Waals surface area (Å²) in [5, 5.41) is 49.7. The Labute approximate surface area is 560 Å². The summed E-state index contributed by atoms with van der Waals surface area (Å²) >= 11 is 3.17. The lowest BCUT2D eigenvalue weighted by Gasteiger charge is -2.19. The number of phenols is 1. The normalized spacial score (nSPS) is 11.2. The van der Waals surface area contributed by atoms with Crippen molar-refractivity contribution in [3.8, 4) is 29.4 Å². The maximum atomic E-state index is 13.5. The predicted octanol–water partition coefficient (Wildman–Crippen LogP) is 11.5. The van der Waals surface area contributed by atoms with Gasteiger partial charge in [0.15, 0.2) is 4.73 Å². The molecule has 27 heteroatoms. The highest BCUT2D eigenvalue weighted by Crippen LogP contribution is 2.24. The number of aryl methyl sites for hydroxylation is 1. The first-order chi connectivity index (χ1) is 46.0. The maximum absolute atomic E-state index is 13.5. The number of aromatic hydroxyl groups is 1. The van der Waals surface area contributed by atoms with E-state index in [1.54, 1.807) is 69.7 Å². The molecule has 10 aromatic rings. The molecule has 0 radical (unpaired) electrons. The van der Waals surface area contributed by atoms with Crippen molar-refractivity contribution < 1.29 is 52.0 Å². The molecule has 96 heavy (non-hydrogen) atoms. The van der Waals surface area contributed by atoms with Gasteiger partial charge in [-0.25, -0.2) is 48.7 Å². The molecule has 498 valence electrons. The fourth-order valence-corrected chi connectivity index (χ4v) is 8.68. The van der Waals surface area contributed by atoms with Gasteiger partial charge in [-0.05, 0) is 159 Å². The van der Waals surface area contributed by atoms with Crippen LogP contribution >= 0.6 is 15.9 Å². The number of nitriles is 2. The number of pyridine rings is 2. The zero-order valence-corrected chi connectivity index (χ0v) is 55.2. The summed E-state index contributed by atoms with van der Waals surface area (Å²) in [6.07, 6.45) is 9.28. The van der Waals surface area contributed by atoms with Crippen LogP contribution in [0.5, 0.6) is 17.2 Å². The van der Waals surface area contributed by atoms with Crippen LogP contribution in [0.4, 0.5) is 24.9 Å². The van der Waals surface area contributed by atoms with E-state index in [0.717, 1.165) is 68.5 Å². The van der Waals surface area contributed by atoms with Crippen LogP contribution < -0.4 is 36.5 Å². The fourth-order valence-electron chi connectivity index (χ4n) is 8.39. The van der Waals surface area contributed by atoms with E-state index in [4.69, 9.17) is 35.4 Å². The van der Waals surface area contributed by atoms with Crippen LogP contribution in [0.25, 0.3) is 32.7 Å². The second-order valence-corrected chi connectivity index (χ2v) is 22.3. The van der Waals surface area contributed by atoms with Crippen molar-refractivity contribution in [2.24, 2.45) is 5.73 Å². The van der Waals surface area contributed by atoms with Crippen LogP contribution in [0.3, 0.4) is 0 Å². The highest BCUT2D eigenvalue weighted by atomic mass is 79.9. The SMILES string of the molecule is CC(C)(C)OC(=O)CCCO.CCc1ncc2cc(OCCN)ccc2n1.CNc1ncc2cc(OCCNc3ncc(C#N)cc3C(=O)N[C@@H](C)c3ccc(F)cc3)ccc2n1.C[C@H](NC(=O)c1cc(C#N)cnc1F)c1ccc(F)cc1.Oc1ccc2nc(Br)ncc2c1. The number of hydrogen-bond acceptors (Lipinski definition) is 21. The van der Waals surface area contributed by atoms with Crippen LogP contribution in [0.1, 0.15) is 115 Å². The number of aliphatic hydroxyl groups is 1. The van der Waals surface area contributed by atoms with Gasteiger partial charge in [0, 0.05) is 80.2 Å². The summed E-state index contributed by atoms with van der Waals surface area (Å²) in [7, 11) is 1.76. The first-order valence-electron chi connectivity index (χ1n) is 29.9. The number of anilines is 2. The number of amides is 2. The molecule has 0 spiro atoms. The van der Waals surface area contributed by atoms with Crippen molar-refractivity contribution in [3.05, 3.63) is 208 Å². The van der Waals surface area contributed by atoms with Crippen LogP contribution in [-0.4, -0.2) is 113 Å². The fraction of sp³-hybridized carbons (Fsp3) is 0.261. The zero-order chi connectivity index (χ0) is 69.7. The van der Waals surface area contributed by atoms with E-state index in [2.05, 4.69) is 77.1 Å². The Hall–Kier alpha value is -11.0. The number of ether oxygens (including phenoxy) is 3. The van der Waals surface area contributed by atoms with Crippen LogP contribution in [0.15, 0.2) is 151 Å². The Morgan fingerprint density at radius 1 is 0.656 bits per heavy atom. The highest BCUT2D eigenvalue weighted by Gasteiger charge is 2.20. The molecule has 0 bridgehead atoms. The molecule has 5 aromatic heterocycles. The topological polar surface area (TPSA) is 344 Å². The third kappa shape index (κ3) is 23.8. The smallest absolute Gasteiger partial charge is 0.306 e. The van der Waals surface area contributed by atoms with Crippen LogP contribution in [0.2, 0.25) is 0 Å². The summed E-state index contributed by atoms with van der Waals surface area (Å²) in [6.45, 7) is 12.7. The molecule has 0 aliphatic heterocycles. The number of nitrogens with zero attached hydrogens (tertiary/aromatic N) is 10. The van der Waals surface area contributed by atoms with Crippen molar-refractivity contribution in [1.29, 1.82) is 10.5 Å².